The van der Waals surface area contributed by atoms with E-state index in [-0.39, 0.29) is 31.1 Å². The molecule has 1 amide bonds. The number of carbonyl (C=O) groups is 1. The number of carbonyl (C=O) groups excluding carboxylic acids is 1. The molecule has 0 aromatic carbocycles. The number of hydrogen-bond acceptors (Lipinski definition) is 3. The van der Waals surface area contributed by atoms with Gasteiger partial charge in [0.2, 0.25) is 0 Å². The lowest BCUT2D eigenvalue weighted by Gasteiger charge is -2.54. The van der Waals surface area contributed by atoms with Crippen LogP contribution in [0.15, 0.2) is 0 Å². The van der Waals surface area contributed by atoms with Crippen LogP contribution in [0.3, 0.4) is 0 Å². The Morgan fingerprint density at radius 3 is 2.52 bits per heavy atom. The summed E-state index contributed by atoms with van der Waals surface area (Å²) in [5.74, 6) is -1.59. The van der Waals surface area contributed by atoms with E-state index in [4.69, 9.17) is 0 Å². The van der Waals surface area contributed by atoms with E-state index in [1.54, 1.807) is 11.8 Å². The second-order valence-electron chi connectivity index (χ2n) is 6.65. The molecule has 2 fully saturated rings. The van der Waals surface area contributed by atoms with Crippen LogP contribution >= 0.6 is 0 Å². The predicted molar refractivity (Wildman–Crippen MR) is 76.8 cm³/mol. The van der Waals surface area contributed by atoms with E-state index < -0.39 is 17.5 Å². The van der Waals surface area contributed by atoms with Crippen molar-refractivity contribution < 1.29 is 18.0 Å². The van der Waals surface area contributed by atoms with Crippen LogP contribution in [-0.4, -0.2) is 45.1 Å². The topological polar surface area (TPSA) is 51.0 Å². The SMILES string of the molecule is CCn1nc(C)c(C(=O)N2CCC(C(F)(F)F)C3(CCC3)C2)n1. The van der Waals surface area contributed by atoms with E-state index in [1.165, 1.54) is 4.80 Å². The van der Waals surface area contributed by atoms with E-state index >= 15 is 0 Å². The molecule has 2 heterocycles. The zero-order valence-electron chi connectivity index (χ0n) is 13.4. The maximum absolute atomic E-state index is 13.3. The number of nitrogens with zero attached hydrogens (tertiary/aromatic N) is 4. The van der Waals surface area contributed by atoms with E-state index in [9.17, 15) is 18.0 Å². The number of hydrogen-bond donors (Lipinski definition) is 0. The van der Waals surface area contributed by atoms with Gasteiger partial charge in [-0.2, -0.15) is 23.1 Å². The smallest absolute Gasteiger partial charge is 0.337 e. The van der Waals surface area contributed by atoms with Gasteiger partial charge < -0.3 is 4.90 Å². The first-order chi connectivity index (χ1) is 10.8. The van der Waals surface area contributed by atoms with Crippen LogP contribution < -0.4 is 0 Å². The average molecular weight is 330 g/mol. The van der Waals surface area contributed by atoms with E-state index in [1.807, 2.05) is 6.92 Å². The molecule has 1 aliphatic heterocycles. The molecule has 5 nitrogen and oxygen atoms in total. The van der Waals surface area contributed by atoms with Crippen LogP contribution in [0.5, 0.6) is 0 Å². The maximum atomic E-state index is 13.3. The van der Waals surface area contributed by atoms with E-state index in [0.29, 0.717) is 25.1 Å². The molecule has 2 aliphatic rings. The van der Waals surface area contributed by atoms with Gasteiger partial charge in [-0.25, -0.2) is 0 Å². The van der Waals surface area contributed by atoms with E-state index in [0.717, 1.165) is 6.42 Å². The first-order valence-electron chi connectivity index (χ1n) is 8.04. The van der Waals surface area contributed by atoms with Crippen LogP contribution in [0.4, 0.5) is 13.2 Å². The summed E-state index contributed by atoms with van der Waals surface area (Å²) in [6.45, 7) is 4.42. The Kier molecular flexibility index (Phi) is 3.88. The predicted octanol–water partition coefficient (Wildman–Crippen LogP) is 2.80. The minimum Gasteiger partial charge on any atom is -0.337 e. The summed E-state index contributed by atoms with van der Waals surface area (Å²) in [5.41, 5.74) is -0.00916. The zero-order valence-corrected chi connectivity index (χ0v) is 13.4. The number of piperidine rings is 1. The third-order valence-electron chi connectivity index (χ3n) is 5.27. The Morgan fingerprint density at radius 1 is 1.35 bits per heavy atom. The molecule has 1 aliphatic carbocycles. The highest BCUT2D eigenvalue weighted by atomic mass is 19.4. The van der Waals surface area contributed by atoms with Gasteiger partial charge in [0.05, 0.1) is 18.2 Å². The summed E-state index contributed by atoms with van der Waals surface area (Å²) >= 11 is 0. The summed E-state index contributed by atoms with van der Waals surface area (Å²) in [5, 5.41) is 8.30. The summed E-state index contributed by atoms with van der Waals surface area (Å²) in [6, 6.07) is 0. The number of aryl methyl sites for hydroxylation is 2. The molecule has 23 heavy (non-hydrogen) atoms. The lowest BCUT2D eigenvalue weighted by molar-refractivity contribution is -0.235. The quantitative estimate of drug-likeness (QED) is 0.838. The molecule has 3 rings (SSSR count). The molecule has 1 unspecified atom stereocenters. The fourth-order valence-electron chi connectivity index (χ4n) is 3.90. The number of halogens is 3. The standard InChI is InChI=1S/C15H21F3N4O/c1-3-22-19-10(2)12(20-22)13(23)21-8-5-11(15(16,17)18)14(9-21)6-4-7-14/h11H,3-9H2,1-2H3. The van der Waals surface area contributed by atoms with Crippen molar-refractivity contribution in [2.45, 2.75) is 52.3 Å². The Morgan fingerprint density at radius 2 is 2.04 bits per heavy atom. The Labute approximate surface area is 132 Å². The molecule has 0 N–H and O–H groups in total. The number of alkyl halides is 3. The van der Waals surface area contributed by atoms with Crippen molar-refractivity contribution in [1.29, 1.82) is 0 Å². The molecule has 1 atom stereocenters. The molecule has 1 saturated carbocycles. The highest BCUT2D eigenvalue weighted by Crippen LogP contribution is 2.56. The average Bonchev–Trinajstić information content (AvgIpc) is 2.84. The molecule has 128 valence electrons. The summed E-state index contributed by atoms with van der Waals surface area (Å²) in [7, 11) is 0. The van der Waals surface area contributed by atoms with Gasteiger partial charge in [0.1, 0.15) is 0 Å². The Balaban J connectivity index is 1.80. The van der Waals surface area contributed by atoms with Gasteiger partial charge in [-0.1, -0.05) is 6.42 Å². The van der Waals surface area contributed by atoms with Crippen molar-refractivity contribution in [1.82, 2.24) is 19.9 Å². The molecular weight excluding hydrogens is 309 g/mol. The van der Waals surface area contributed by atoms with Gasteiger partial charge in [0, 0.05) is 13.1 Å². The van der Waals surface area contributed by atoms with Crippen LogP contribution in [0.2, 0.25) is 0 Å². The zero-order chi connectivity index (χ0) is 16.8. The van der Waals surface area contributed by atoms with Crippen molar-refractivity contribution in [3.8, 4) is 0 Å². The Bertz CT molecular complexity index is 606. The fourth-order valence-corrected chi connectivity index (χ4v) is 3.90. The lowest BCUT2D eigenvalue weighted by atomic mass is 9.58. The van der Waals surface area contributed by atoms with Crippen molar-refractivity contribution in [3.63, 3.8) is 0 Å². The van der Waals surface area contributed by atoms with Crippen molar-refractivity contribution in [3.05, 3.63) is 11.4 Å². The van der Waals surface area contributed by atoms with Crippen LogP contribution in [0.1, 0.15) is 48.8 Å². The number of rotatable bonds is 2. The van der Waals surface area contributed by atoms with Gasteiger partial charge in [-0.05, 0) is 38.5 Å². The third-order valence-corrected chi connectivity index (χ3v) is 5.27. The highest BCUT2D eigenvalue weighted by Gasteiger charge is 2.58. The molecule has 1 aromatic rings. The molecule has 8 heteroatoms. The minimum atomic E-state index is -4.18. The first-order valence-corrected chi connectivity index (χ1v) is 8.04. The highest BCUT2D eigenvalue weighted by molar-refractivity contribution is 5.93. The normalized spacial score (nSPS) is 23.9. The monoisotopic (exact) mass is 330 g/mol. The van der Waals surface area contributed by atoms with Gasteiger partial charge in [-0.3, -0.25) is 4.79 Å². The molecule has 0 bridgehead atoms. The molecule has 1 saturated heterocycles. The largest absolute Gasteiger partial charge is 0.392 e. The second-order valence-corrected chi connectivity index (χ2v) is 6.65. The summed E-state index contributed by atoms with van der Waals surface area (Å²) in [6.07, 6.45) is -2.31. The van der Waals surface area contributed by atoms with Crippen molar-refractivity contribution >= 4 is 5.91 Å². The summed E-state index contributed by atoms with van der Waals surface area (Å²) in [4.78, 5) is 15.6. The van der Waals surface area contributed by atoms with Gasteiger partial charge >= 0.3 is 6.18 Å². The van der Waals surface area contributed by atoms with Crippen LogP contribution in [0.25, 0.3) is 0 Å². The number of amides is 1. The van der Waals surface area contributed by atoms with Crippen LogP contribution in [0, 0.1) is 18.3 Å². The number of likely N-dealkylation sites (tertiary alicyclic amines) is 1. The van der Waals surface area contributed by atoms with Crippen LogP contribution in [-0.2, 0) is 6.54 Å². The molecule has 1 spiro atoms. The van der Waals surface area contributed by atoms with Crippen molar-refractivity contribution in [2.75, 3.05) is 13.1 Å². The first kappa shape index (κ1) is 16.3. The number of aromatic nitrogens is 3. The van der Waals surface area contributed by atoms with Gasteiger partial charge in [-0.15, -0.1) is 5.10 Å². The minimum absolute atomic E-state index is 0.0177. The summed E-state index contributed by atoms with van der Waals surface area (Å²) < 4.78 is 39.9. The molecular formula is C15H21F3N4O. The maximum Gasteiger partial charge on any atom is 0.392 e. The molecule has 1 aromatic heterocycles. The van der Waals surface area contributed by atoms with E-state index in [2.05, 4.69) is 10.2 Å². The molecule has 0 radical (unpaired) electrons. The fraction of sp³-hybridized carbons (Fsp3) is 0.800. The van der Waals surface area contributed by atoms with Gasteiger partial charge in [0.15, 0.2) is 5.69 Å². The Hall–Kier alpha value is -1.60. The third kappa shape index (κ3) is 2.72. The van der Waals surface area contributed by atoms with Crippen molar-refractivity contribution in [2.24, 2.45) is 11.3 Å². The van der Waals surface area contributed by atoms with Gasteiger partial charge in [0.25, 0.3) is 5.91 Å². The second kappa shape index (κ2) is 5.49. The lowest BCUT2D eigenvalue weighted by Crippen LogP contribution is -2.57.